The Morgan fingerprint density at radius 2 is 0.783 bits per heavy atom. The largest absolute Gasteiger partial charge is 0.309 e. The topological polar surface area (TPSA) is 3.24 Å². The van der Waals surface area contributed by atoms with Gasteiger partial charge in [0, 0.05) is 22.1 Å². The summed E-state index contributed by atoms with van der Waals surface area (Å²) in [6.45, 7) is 2.41. The molecular formula is C68H47N. The van der Waals surface area contributed by atoms with Gasteiger partial charge in [-0.05, 0) is 131 Å². The van der Waals surface area contributed by atoms with Gasteiger partial charge in [0.15, 0.2) is 0 Å². The molecule has 1 aliphatic carbocycles. The van der Waals surface area contributed by atoms with Crippen LogP contribution in [0.15, 0.2) is 267 Å². The average molecular weight is 878 g/mol. The Morgan fingerprint density at radius 1 is 0.275 bits per heavy atom. The smallest absolute Gasteiger partial charge is 0.0540 e. The number of anilines is 3. The lowest BCUT2D eigenvalue weighted by Gasteiger charge is -2.32. The van der Waals surface area contributed by atoms with Crippen LogP contribution in [0.4, 0.5) is 17.1 Å². The maximum atomic E-state index is 2.53. The maximum absolute atomic E-state index is 2.53. The minimum Gasteiger partial charge on any atom is -0.309 e. The third-order valence-corrected chi connectivity index (χ3v) is 14.7. The highest BCUT2D eigenvalue weighted by atomic mass is 15.1. The highest BCUT2D eigenvalue weighted by Crippen LogP contribution is 2.55. The highest BCUT2D eigenvalue weighted by molar-refractivity contribution is 6.22. The summed E-state index contributed by atoms with van der Waals surface area (Å²) in [4.78, 5) is 2.53. The van der Waals surface area contributed by atoms with Crippen LogP contribution in [0, 0.1) is 0 Å². The molecule has 12 aromatic rings. The Kier molecular flexibility index (Phi) is 9.70. The summed E-state index contributed by atoms with van der Waals surface area (Å²) in [5, 5.41) is 7.36. The minimum atomic E-state index is -0.362. The van der Waals surface area contributed by atoms with E-state index in [-0.39, 0.29) is 5.41 Å². The molecule has 1 atom stereocenters. The third-order valence-electron chi connectivity index (χ3n) is 14.7. The van der Waals surface area contributed by atoms with Crippen LogP contribution < -0.4 is 4.90 Å². The van der Waals surface area contributed by atoms with E-state index < -0.39 is 0 Å². The minimum absolute atomic E-state index is 0.362. The van der Waals surface area contributed by atoms with Crippen LogP contribution in [0.2, 0.25) is 0 Å². The van der Waals surface area contributed by atoms with E-state index in [1.807, 2.05) is 0 Å². The van der Waals surface area contributed by atoms with Crippen molar-refractivity contribution >= 4 is 49.4 Å². The summed E-state index contributed by atoms with van der Waals surface area (Å²) >= 11 is 0. The van der Waals surface area contributed by atoms with Gasteiger partial charge < -0.3 is 4.90 Å². The third kappa shape index (κ3) is 6.54. The zero-order valence-electron chi connectivity index (χ0n) is 38.4. The normalized spacial score (nSPS) is 13.9. The van der Waals surface area contributed by atoms with Crippen molar-refractivity contribution in [3.8, 4) is 55.6 Å². The molecule has 1 aliphatic rings. The van der Waals surface area contributed by atoms with Gasteiger partial charge in [0.25, 0.3) is 0 Å². The molecule has 0 radical (unpaired) electrons. The van der Waals surface area contributed by atoms with E-state index in [9.17, 15) is 0 Å². The molecule has 0 saturated heterocycles. The molecule has 0 aliphatic heterocycles. The molecule has 13 rings (SSSR count). The number of hydrogen-bond acceptors (Lipinski definition) is 1. The molecule has 1 heteroatoms. The van der Waals surface area contributed by atoms with Gasteiger partial charge in [0.05, 0.1) is 11.4 Å². The number of benzene rings is 12. The van der Waals surface area contributed by atoms with Crippen molar-refractivity contribution in [3.05, 3.63) is 284 Å². The van der Waals surface area contributed by atoms with E-state index in [0.29, 0.717) is 0 Å². The summed E-state index contributed by atoms with van der Waals surface area (Å²) in [6, 6.07) is 98.5. The molecule has 0 N–H and O–H groups in total. The Balaban J connectivity index is 1.09. The molecular weight excluding hydrogens is 831 g/mol. The molecule has 0 aromatic heterocycles. The standard InChI is InChI=1S/C68H47N/c1-68(50-28-12-5-13-29-50)62-36-20-18-33-57(62)58-41-39-51(45-63(58)68)69(65-43-42-52(46-22-6-2-7-23-46)54-31-14-16-34-59(54)65)64-37-21-19-30-53(64)49-38-40-56-55-32-15-17-35-60(55)66(47-24-8-3-9-25-47)67(61(56)44-49)48-26-10-4-11-27-48/h2-45H,1H3. The molecule has 1 nitrogen and oxygen atoms in total. The summed E-state index contributed by atoms with van der Waals surface area (Å²) < 4.78 is 0. The first-order valence-electron chi connectivity index (χ1n) is 24.0. The van der Waals surface area contributed by atoms with Gasteiger partial charge in [0.2, 0.25) is 0 Å². The van der Waals surface area contributed by atoms with Gasteiger partial charge in [-0.1, -0.05) is 237 Å². The molecule has 12 aromatic carbocycles. The van der Waals surface area contributed by atoms with Crippen LogP contribution in [-0.4, -0.2) is 0 Å². The Hall–Kier alpha value is -8.78. The van der Waals surface area contributed by atoms with E-state index in [1.54, 1.807) is 0 Å². The van der Waals surface area contributed by atoms with Crippen LogP contribution >= 0.6 is 0 Å². The Morgan fingerprint density at radius 3 is 1.49 bits per heavy atom. The zero-order valence-corrected chi connectivity index (χ0v) is 38.4. The molecule has 69 heavy (non-hydrogen) atoms. The highest BCUT2D eigenvalue weighted by Gasteiger charge is 2.41. The molecule has 0 spiro atoms. The number of fused-ring (bicyclic) bond motifs is 7. The van der Waals surface area contributed by atoms with Crippen molar-refractivity contribution in [2.45, 2.75) is 12.3 Å². The van der Waals surface area contributed by atoms with Crippen molar-refractivity contribution in [3.63, 3.8) is 0 Å². The maximum Gasteiger partial charge on any atom is 0.0540 e. The van der Waals surface area contributed by atoms with Crippen molar-refractivity contribution in [1.29, 1.82) is 0 Å². The first-order valence-corrected chi connectivity index (χ1v) is 24.0. The van der Waals surface area contributed by atoms with Gasteiger partial charge in [0.1, 0.15) is 0 Å². The summed E-state index contributed by atoms with van der Waals surface area (Å²) in [5.41, 5.74) is 19.1. The number of rotatable bonds is 8. The molecule has 1 unspecified atom stereocenters. The van der Waals surface area contributed by atoms with Gasteiger partial charge in [-0.25, -0.2) is 0 Å². The van der Waals surface area contributed by atoms with Gasteiger partial charge in [-0.2, -0.15) is 0 Å². The van der Waals surface area contributed by atoms with Crippen LogP contribution in [0.25, 0.3) is 88.0 Å². The Bertz CT molecular complexity index is 3890. The molecule has 0 heterocycles. The van der Waals surface area contributed by atoms with Crippen molar-refractivity contribution < 1.29 is 0 Å². The van der Waals surface area contributed by atoms with Crippen molar-refractivity contribution in [1.82, 2.24) is 0 Å². The van der Waals surface area contributed by atoms with Crippen LogP contribution in [-0.2, 0) is 5.41 Å². The fraction of sp³-hybridized carbons (Fsp3) is 0.0294. The van der Waals surface area contributed by atoms with Crippen LogP contribution in [0.3, 0.4) is 0 Å². The molecule has 324 valence electrons. The molecule has 0 bridgehead atoms. The zero-order chi connectivity index (χ0) is 45.9. The van der Waals surface area contributed by atoms with Crippen molar-refractivity contribution in [2.75, 3.05) is 4.90 Å². The van der Waals surface area contributed by atoms with Crippen molar-refractivity contribution in [2.24, 2.45) is 0 Å². The average Bonchev–Trinajstić information content (AvgIpc) is 3.69. The van der Waals surface area contributed by atoms with E-state index in [2.05, 4.69) is 279 Å². The predicted octanol–water partition coefficient (Wildman–Crippen LogP) is 18.6. The monoisotopic (exact) mass is 877 g/mol. The van der Waals surface area contributed by atoms with E-state index >= 15 is 0 Å². The molecule has 0 amide bonds. The second kappa shape index (κ2) is 16.5. The van der Waals surface area contributed by atoms with Crippen LogP contribution in [0.5, 0.6) is 0 Å². The fourth-order valence-electron chi connectivity index (χ4n) is 11.5. The second-order valence-corrected chi connectivity index (χ2v) is 18.5. The molecule has 0 fully saturated rings. The van der Waals surface area contributed by atoms with E-state index in [4.69, 9.17) is 0 Å². The van der Waals surface area contributed by atoms with E-state index in [0.717, 1.165) is 28.2 Å². The lowest BCUT2D eigenvalue weighted by Crippen LogP contribution is -2.23. The Labute approximate surface area is 403 Å². The van der Waals surface area contributed by atoms with Gasteiger partial charge in [-0.3, -0.25) is 0 Å². The first-order chi connectivity index (χ1) is 34.1. The van der Waals surface area contributed by atoms with E-state index in [1.165, 1.54) is 93.5 Å². The van der Waals surface area contributed by atoms with Gasteiger partial charge >= 0.3 is 0 Å². The number of hydrogen-bond donors (Lipinski definition) is 0. The number of nitrogens with zero attached hydrogens (tertiary/aromatic N) is 1. The SMILES string of the molecule is CC1(c2ccccc2)c2ccccc2-c2ccc(N(c3ccccc3-c3ccc4c(c3)c(-c3ccccc3)c(-c3ccccc3)c3ccccc34)c3ccc(-c4ccccc4)c4ccccc34)cc21. The summed E-state index contributed by atoms with van der Waals surface area (Å²) in [6.07, 6.45) is 0. The first kappa shape index (κ1) is 40.5. The summed E-state index contributed by atoms with van der Waals surface area (Å²) in [7, 11) is 0. The van der Waals surface area contributed by atoms with Crippen LogP contribution in [0.1, 0.15) is 23.6 Å². The quantitative estimate of drug-likeness (QED) is 0.138. The predicted molar refractivity (Wildman–Crippen MR) is 293 cm³/mol. The van der Waals surface area contributed by atoms with Gasteiger partial charge in [-0.15, -0.1) is 0 Å². The fourth-order valence-corrected chi connectivity index (χ4v) is 11.5. The number of para-hydroxylation sites is 1. The summed E-state index contributed by atoms with van der Waals surface area (Å²) in [5.74, 6) is 0. The lowest BCUT2D eigenvalue weighted by molar-refractivity contribution is 0.714. The second-order valence-electron chi connectivity index (χ2n) is 18.5. The molecule has 0 saturated carbocycles. The lowest BCUT2D eigenvalue weighted by atomic mass is 9.74.